The molecule has 2 fully saturated rings. The number of halogens is 1. The number of piperidine rings is 1. The van der Waals surface area contributed by atoms with Crippen LogP contribution >= 0.6 is 0 Å². The zero-order chi connectivity index (χ0) is 17.8. The molecule has 0 radical (unpaired) electrons. The Balaban J connectivity index is 1.64. The summed E-state index contributed by atoms with van der Waals surface area (Å²) >= 11 is 0. The van der Waals surface area contributed by atoms with E-state index in [0.29, 0.717) is 12.1 Å². The number of benzene rings is 2. The Hall–Kier alpha value is -1.71. The lowest BCUT2D eigenvalue weighted by molar-refractivity contribution is 0.106. The molecule has 2 aromatic carbocycles. The van der Waals surface area contributed by atoms with Crippen LogP contribution in [0.2, 0.25) is 0 Å². The predicted octanol–water partition coefficient (Wildman–Crippen LogP) is 4.99. The molecule has 138 valence electrons. The lowest BCUT2D eigenvalue weighted by Crippen LogP contribution is -2.49. The molecule has 1 N–H and O–H groups in total. The number of nitrogens with zero attached hydrogens (tertiary/aromatic N) is 1. The van der Waals surface area contributed by atoms with E-state index in [4.69, 9.17) is 0 Å². The summed E-state index contributed by atoms with van der Waals surface area (Å²) in [7, 11) is 0. The lowest BCUT2D eigenvalue weighted by atomic mass is 9.96. The summed E-state index contributed by atoms with van der Waals surface area (Å²) in [6.07, 6.45) is 7.82. The molecule has 4 rings (SSSR count). The van der Waals surface area contributed by atoms with Gasteiger partial charge in [0.2, 0.25) is 0 Å². The molecule has 2 aromatic rings. The van der Waals surface area contributed by atoms with E-state index < -0.39 is 0 Å². The number of nitrogens with one attached hydrogen (secondary N) is 1. The fourth-order valence-corrected chi connectivity index (χ4v) is 4.68. The molecule has 2 nitrogen and oxygen atoms in total. The number of rotatable bonds is 5. The third-order valence-corrected chi connectivity index (χ3v) is 6.04. The van der Waals surface area contributed by atoms with E-state index >= 15 is 0 Å². The molecule has 1 atom stereocenters. The average Bonchev–Trinajstić information content (AvgIpc) is 3.23. The van der Waals surface area contributed by atoms with Gasteiger partial charge in [-0.3, -0.25) is 4.90 Å². The van der Waals surface area contributed by atoms with Crippen molar-refractivity contribution in [2.24, 2.45) is 0 Å². The van der Waals surface area contributed by atoms with Crippen LogP contribution in [0.1, 0.15) is 44.1 Å². The Labute approximate surface area is 156 Å². The van der Waals surface area contributed by atoms with Crippen LogP contribution in [0.5, 0.6) is 0 Å². The standard InChI is InChI=1S/C23H29FN2/c24-20-13-12-19(23(15-20)18-7-2-1-3-8-18)17-26(21-9-4-5-10-21)22-11-6-14-25-16-22/h1-3,7-8,12-13,15,21-22,25H,4-6,9-11,14,16-17H2. The fourth-order valence-electron chi connectivity index (χ4n) is 4.68. The van der Waals surface area contributed by atoms with Crippen molar-refractivity contribution in [3.05, 3.63) is 59.9 Å². The summed E-state index contributed by atoms with van der Waals surface area (Å²) in [5.74, 6) is -0.153. The molecule has 1 unspecified atom stereocenters. The highest BCUT2D eigenvalue weighted by atomic mass is 19.1. The molecule has 0 amide bonds. The SMILES string of the molecule is Fc1ccc(CN(C2CCCC2)C2CCCNC2)c(-c2ccccc2)c1. The van der Waals surface area contributed by atoms with Gasteiger partial charge in [0, 0.05) is 25.2 Å². The van der Waals surface area contributed by atoms with E-state index in [0.717, 1.165) is 30.8 Å². The Kier molecular flexibility index (Phi) is 5.66. The quantitative estimate of drug-likeness (QED) is 0.815. The molecule has 0 spiro atoms. The maximum absolute atomic E-state index is 14.0. The second-order valence-corrected chi connectivity index (χ2v) is 7.78. The van der Waals surface area contributed by atoms with Gasteiger partial charge in [0.1, 0.15) is 5.82 Å². The first kappa shape index (κ1) is 17.7. The lowest BCUT2D eigenvalue weighted by Gasteiger charge is -2.39. The molecule has 1 heterocycles. The van der Waals surface area contributed by atoms with E-state index in [-0.39, 0.29) is 5.82 Å². The van der Waals surface area contributed by atoms with Gasteiger partial charge in [-0.2, -0.15) is 0 Å². The van der Waals surface area contributed by atoms with Crippen molar-refractivity contribution in [2.75, 3.05) is 13.1 Å². The van der Waals surface area contributed by atoms with Crippen molar-refractivity contribution in [1.82, 2.24) is 10.2 Å². The second-order valence-electron chi connectivity index (χ2n) is 7.78. The van der Waals surface area contributed by atoms with Crippen LogP contribution in [0.3, 0.4) is 0 Å². The van der Waals surface area contributed by atoms with Gasteiger partial charge in [-0.1, -0.05) is 49.2 Å². The van der Waals surface area contributed by atoms with Gasteiger partial charge in [0.25, 0.3) is 0 Å². The number of hydrogen-bond acceptors (Lipinski definition) is 2. The highest BCUT2D eigenvalue weighted by Gasteiger charge is 2.30. The van der Waals surface area contributed by atoms with Crippen molar-refractivity contribution >= 4 is 0 Å². The van der Waals surface area contributed by atoms with E-state index in [1.54, 1.807) is 12.1 Å². The first-order valence-corrected chi connectivity index (χ1v) is 10.1. The van der Waals surface area contributed by atoms with E-state index in [1.807, 2.05) is 24.3 Å². The predicted molar refractivity (Wildman–Crippen MR) is 106 cm³/mol. The van der Waals surface area contributed by atoms with Gasteiger partial charge in [0.05, 0.1) is 0 Å². The van der Waals surface area contributed by atoms with Gasteiger partial charge in [-0.15, -0.1) is 0 Å². The van der Waals surface area contributed by atoms with Crippen LogP contribution in [0.4, 0.5) is 4.39 Å². The molecule has 3 heteroatoms. The minimum Gasteiger partial charge on any atom is -0.315 e. The molecule has 26 heavy (non-hydrogen) atoms. The van der Waals surface area contributed by atoms with Gasteiger partial charge in [-0.05, 0) is 61.1 Å². The zero-order valence-corrected chi connectivity index (χ0v) is 15.5. The van der Waals surface area contributed by atoms with Crippen LogP contribution in [0.15, 0.2) is 48.5 Å². The number of hydrogen-bond donors (Lipinski definition) is 1. The summed E-state index contributed by atoms with van der Waals surface area (Å²) in [4.78, 5) is 2.72. The summed E-state index contributed by atoms with van der Waals surface area (Å²) in [6.45, 7) is 3.14. The van der Waals surface area contributed by atoms with Crippen molar-refractivity contribution in [3.63, 3.8) is 0 Å². The maximum atomic E-state index is 14.0. The minimum atomic E-state index is -0.153. The van der Waals surface area contributed by atoms with Gasteiger partial charge in [0.15, 0.2) is 0 Å². The molecular formula is C23H29FN2. The smallest absolute Gasteiger partial charge is 0.123 e. The van der Waals surface area contributed by atoms with Gasteiger partial charge >= 0.3 is 0 Å². The zero-order valence-electron chi connectivity index (χ0n) is 15.5. The van der Waals surface area contributed by atoms with Crippen LogP contribution < -0.4 is 5.32 Å². The summed E-state index contributed by atoms with van der Waals surface area (Å²) in [5.41, 5.74) is 3.39. The Morgan fingerprint density at radius 3 is 2.42 bits per heavy atom. The molecule has 0 aromatic heterocycles. The first-order valence-electron chi connectivity index (χ1n) is 10.1. The molecule has 2 aliphatic rings. The normalized spacial score (nSPS) is 21.4. The average molecular weight is 352 g/mol. The van der Waals surface area contributed by atoms with Crippen LogP contribution in [0, 0.1) is 5.82 Å². The molecular weight excluding hydrogens is 323 g/mol. The third-order valence-electron chi connectivity index (χ3n) is 6.04. The topological polar surface area (TPSA) is 15.3 Å². The van der Waals surface area contributed by atoms with Crippen molar-refractivity contribution in [2.45, 2.75) is 57.2 Å². The van der Waals surface area contributed by atoms with Gasteiger partial charge in [-0.25, -0.2) is 4.39 Å². The van der Waals surface area contributed by atoms with E-state index in [1.165, 1.54) is 44.1 Å². The van der Waals surface area contributed by atoms with E-state index in [2.05, 4.69) is 22.3 Å². The van der Waals surface area contributed by atoms with Crippen molar-refractivity contribution in [1.29, 1.82) is 0 Å². The monoisotopic (exact) mass is 352 g/mol. The first-order chi connectivity index (χ1) is 12.8. The molecule has 1 aliphatic carbocycles. The Morgan fingerprint density at radius 1 is 0.923 bits per heavy atom. The third kappa shape index (κ3) is 3.99. The molecule has 0 bridgehead atoms. The maximum Gasteiger partial charge on any atom is 0.123 e. The van der Waals surface area contributed by atoms with Crippen LogP contribution in [-0.2, 0) is 6.54 Å². The summed E-state index contributed by atoms with van der Waals surface area (Å²) < 4.78 is 14.0. The second kappa shape index (κ2) is 8.32. The highest BCUT2D eigenvalue weighted by Crippen LogP contribution is 2.32. The molecule has 1 aliphatic heterocycles. The largest absolute Gasteiger partial charge is 0.315 e. The Morgan fingerprint density at radius 2 is 1.69 bits per heavy atom. The fraction of sp³-hybridized carbons (Fsp3) is 0.478. The summed E-state index contributed by atoms with van der Waals surface area (Å²) in [6, 6.07) is 16.8. The molecule has 1 saturated heterocycles. The van der Waals surface area contributed by atoms with E-state index in [9.17, 15) is 4.39 Å². The van der Waals surface area contributed by atoms with Crippen LogP contribution in [-0.4, -0.2) is 30.1 Å². The highest BCUT2D eigenvalue weighted by molar-refractivity contribution is 5.67. The van der Waals surface area contributed by atoms with Crippen molar-refractivity contribution < 1.29 is 4.39 Å². The van der Waals surface area contributed by atoms with Crippen LogP contribution in [0.25, 0.3) is 11.1 Å². The summed E-state index contributed by atoms with van der Waals surface area (Å²) in [5, 5.41) is 3.58. The minimum absolute atomic E-state index is 0.153. The van der Waals surface area contributed by atoms with Gasteiger partial charge < -0.3 is 5.32 Å². The van der Waals surface area contributed by atoms with Crippen molar-refractivity contribution in [3.8, 4) is 11.1 Å². The molecule has 1 saturated carbocycles. The Bertz CT molecular complexity index is 703.